The summed E-state index contributed by atoms with van der Waals surface area (Å²) in [7, 11) is 0. The normalized spacial score (nSPS) is 6.83. The van der Waals surface area contributed by atoms with Crippen LogP contribution in [-0.2, 0) is 9.53 Å². The summed E-state index contributed by atoms with van der Waals surface area (Å²) in [5.41, 5.74) is 0. The Morgan fingerprint density at radius 2 is 2.50 bits per heavy atom. The number of nitrogens with one attached hydrogen (secondary N) is 1. The monoisotopic (exact) mass is 87.0 g/mol. The summed E-state index contributed by atoms with van der Waals surface area (Å²) in [6.45, 7) is 1.61. The lowest BCUT2D eigenvalue weighted by molar-refractivity contribution is -0.121. The molecular formula is C3H5NO2. The summed E-state index contributed by atoms with van der Waals surface area (Å²) in [6, 6.07) is 0. The maximum atomic E-state index is 9.25. The van der Waals surface area contributed by atoms with E-state index in [0.717, 1.165) is 0 Å². The van der Waals surface area contributed by atoms with E-state index < -0.39 is 0 Å². The molecule has 34 valence electrons. The number of carbonyl (C=O) groups excluding carboxylic acids is 1. The Labute approximate surface area is 35.4 Å². The quantitative estimate of drug-likeness (QED) is 0.281. The molecule has 0 aromatic carbocycles. The van der Waals surface area contributed by atoms with Crippen LogP contribution in [0.25, 0.3) is 0 Å². The van der Waals surface area contributed by atoms with Crippen molar-refractivity contribution in [1.29, 1.82) is 5.41 Å². The molecule has 0 saturated carbocycles. The molecule has 0 aromatic rings. The van der Waals surface area contributed by atoms with E-state index in [0.29, 0.717) is 0 Å². The minimum atomic E-state index is -0.0787. The molecule has 3 nitrogen and oxygen atoms in total. The average Bonchev–Trinajstić information content (AvgIpc) is 1.35. The average molecular weight is 87.1 g/mol. The first kappa shape index (κ1) is 5.14. The van der Waals surface area contributed by atoms with Crippen LogP contribution in [0.4, 0.5) is 0 Å². The van der Waals surface area contributed by atoms with Crippen LogP contribution < -0.4 is 0 Å². The van der Waals surface area contributed by atoms with Gasteiger partial charge in [0, 0.05) is 6.92 Å². The fourth-order valence-corrected chi connectivity index (χ4v) is 0.0722. The van der Waals surface area contributed by atoms with Gasteiger partial charge in [0.2, 0.25) is 0 Å². The first-order valence-electron chi connectivity index (χ1n) is 1.43. The zero-order valence-electron chi connectivity index (χ0n) is 3.39. The minimum absolute atomic E-state index is 0.0787. The standard InChI is InChI=1S/C3H5NO2/c1-3(4)6-2-5/h2,4H,1H3. The summed E-state index contributed by atoms with van der Waals surface area (Å²) in [4.78, 5) is 9.25. The zero-order chi connectivity index (χ0) is 4.99. The molecule has 1 N–H and O–H groups in total. The Hall–Kier alpha value is -0.860. The van der Waals surface area contributed by atoms with Crippen LogP contribution in [0.15, 0.2) is 0 Å². The van der Waals surface area contributed by atoms with E-state index in [4.69, 9.17) is 5.41 Å². The van der Waals surface area contributed by atoms with Crippen LogP contribution in [-0.4, -0.2) is 12.4 Å². The van der Waals surface area contributed by atoms with Crippen molar-refractivity contribution in [2.75, 3.05) is 0 Å². The van der Waals surface area contributed by atoms with Gasteiger partial charge in [0.15, 0.2) is 5.90 Å². The third-order valence-corrected chi connectivity index (χ3v) is 0.225. The number of rotatable bonds is 1. The highest BCUT2D eigenvalue weighted by atomic mass is 16.5. The van der Waals surface area contributed by atoms with Crippen LogP contribution in [0.5, 0.6) is 0 Å². The van der Waals surface area contributed by atoms with Crippen molar-refractivity contribution >= 4 is 12.4 Å². The molecule has 0 aliphatic carbocycles. The van der Waals surface area contributed by atoms with Crippen LogP contribution in [0.2, 0.25) is 0 Å². The van der Waals surface area contributed by atoms with E-state index in [1.54, 1.807) is 0 Å². The van der Waals surface area contributed by atoms with Crippen molar-refractivity contribution in [1.82, 2.24) is 0 Å². The summed E-state index contributed by atoms with van der Waals surface area (Å²) in [5.74, 6) is -0.0787. The minimum Gasteiger partial charge on any atom is -0.415 e. The molecule has 0 spiro atoms. The van der Waals surface area contributed by atoms with Crippen LogP contribution >= 0.6 is 0 Å². The Morgan fingerprint density at radius 3 is 2.50 bits per heavy atom. The van der Waals surface area contributed by atoms with Gasteiger partial charge in [-0.1, -0.05) is 0 Å². The van der Waals surface area contributed by atoms with Gasteiger partial charge >= 0.3 is 0 Å². The fraction of sp³-hybridized carbons (Fsp3) is 0.333. The molecule has 0 bridgehead atoms. The van der Waals surface area contributed by atoms with Crippen molar-refractivity contribution < 1.29 is 9.53 Å². The third kappa shape index (κ3) is 3.14. The fourth-order valence-electron chi connectivity index (χ4n) is 0.0722. The van der Waals surface area contributed by atoms with Gasteiger partial charge in [0.1, 0.15) is 0 Å². The molecule has 0 aliphatic rings. The van der Waals surface area contributed by atoms with Crippen LogP contribution in [0, 0.1) is 5.41 Å². The van der Waals surface area contributed by atoms with E-state index in [9.17, 15) is 4.79 Å². The van der Waals surface area contributed by atoms with Crippen molar-refractivity contribution in [2.45, 2.75) is 6.92 Å². The Bertz CT molecular complexity index is 69.2. The van der Waals surface area contributed by atoms with Gasteiger partial charge in [0.25, 0.3) is 6.47 Å². The number of carbonyl (C=O) groups is 1. The van der Waals surface area contributed by atoms with Gasteiger partial charge in [-0.3, -0.25) is 10.2 Å². The van der Waals surface area contributed by atoms with Crippen molar-refractivity contribution in [3.05, 3.63) is 0 Å². The number of ether oxygens (including phenoxy) is 1. The highest BCUT2D eigenvalue weighted by molar-refractivity contribution is 5.76. The zero-order valence-corrected chi connectivity index (χ0v) is 3.39. The Kier molecular flexibility index (Phi) is 2.04. The molecule has 3 heteroatoms. The topological polar surface area (TPSA) is 50.1 Å². The van der Waals surface area contributed by atoms with Gasteiger partial charge in [-0.25, -0.2) is 0 Å². The van der Waals surface area contributed by atoms with E-state index in [2.05, 4.69) is 4.74 Å². The highest BCUT2D eigenvalue weighted by Crippen LogP contribution is 1.64. The molecule has 6 heavy (non-hydrogen) atoms. The van der Waals surface area contributed by atoms with Gasteiger partial charge in [-0.2, -0.15) is 0 Å². The second-order valence-corrected chi connectivity index (χ2v) is 0.770. The van der Waals surface area contributed by atoms with E-state index in [-0.39, 0.29) is 12.4 Å². The second kappa shape index (κ2) is 2.38. The molecule has 0 fully saturated rings. The maximum absolute atomic E-state index is 9.25. The van der Waals surface area contributed by atoms with Crippen molar-refractivity contribution in [2.24, 2.45) is 0 Å². The Balaban J connectivity index is 3.05. The van der Waals surface area contributed by atoms with E-state index in [1.807, 2.05) is 0 Å². The highest BCUT2D eigenvalue weighted by Gasteiger charge is 1.76. The second-order valence-electron chi connectivity index (χ2n) is 0.770. The molecule has 0 unspecified atom stereocenters. The SMILES string of the molecule is CC(=N)OC=O. The molecule has 0 saturated heterocycles. The number of hydrogen-bond donors (Lipinski definition) is 1. The summed E-state index contributed by atoms with van der Waals surface area (Å²) in [5, 5.41) is 6.44. The van der Waals surface area contributed by atoms with Gasteiger partial charge in [0.05, 0.1) is 0 Å². The molecule has 0 aliphatic heterocycles. The summed E-state index contributed by atoms with van der Waals surface area (Å²) in [6.07, 6.45) is 0. The smallest absolute Gasteiger partial charge is 0.299 e. The predicted molar refractivity (Wildman–Crippen MR) is 20.5 cm³/mol. The van der Waals surface area contributed by atoms with Gasteiger partial charge < -0.3 is 4.74 Å². The van der Waals surface area contributed by atoms with Crippen LogP contribution in [0.1, 0.15) is 6.92 Å². The van der Waals surface area contributed by atoms with Crippen LogP contribution in [0.3, 0.4) is 0 Å². The first-order chi connectivity index (χ1) is 2.77. The molecule has 0 aromatic heterocycles. The van der Waals surface area contributed by atoms with E-state index in [1.165, 1.54) is 6.92 Å². The largest absolute Gasteiger partial charge is 0.415 e. The van der Waals surface area contributed by atoms with Crippen molar-refractivity contribution in [3.8, 4) is 0 Å². The van der Waals surface area contributed by atoms with Crippen molar-refractivity contribution in [3.63, 3.8) is 0 Å². The predicted octanol–water partition coefficient (Wildman–Crippen LogP) is 0.157. The maximum Gasteiger partial charge on any atom is 0.299 e. The molecular weight excluding hydrogens is 82.0 g/mol. The first-order valence-corrected chi connectivity index (χ1v) is 1.43. The number of hydrogen-bond acceptors (Lipinski definition) is 3. The lowest BCUT2D eigenvalue weighted by Gasteiger charge is -1.83. The third-order valence-electron chi connectivity index (χ3n) is 0.225. The molecule has 0 rings (SSSR count). The summed E-state index contributed by atoms with van der Waals surface area (Å²) >= 11 is 0. The Morgan fingerprint density at radius 1 is 2.00 bits per heavy atom. The molecule has 0 atom stereocenters. The lowest BCUT2D eigenvalue weighted by Crippen LogP contribution is -1.91. The van der Waals surface area contributed by atoms with Gasteiger partial charge in [-0.15, -0.1) is 0 Å². The molecule has 0 amide bonds. The summed E-state index contributed by atoms with van der Waals surface area (Å²) < 4.78 is 3.94. The lowest BCUT2D eigenvalue weighted by atomic mass is 10.8. The molecule has 0 heterocycles. The van der Waals surface area contributed by atoms with Gasteiger partial charge in [-0.05, 0) is 0 Å². The molecule has 0 radical (unpaired) electrons. The van der Waals surface area contributed by atoms with E-state index >= 15 is 0 Å².